The van der Waals surface area contributed by atoms with Gasteiger partial charge in [-0.3, -0.25) is 4.99 Å². The fourth-order valence-electron chi connectivity index (χ4n) is 4.61. The van der Waals surface area contributed by atoms with E-state index < -0.39 is 11.1 Å². The molecule has 0 fully saturated rings. The molecular formula is C29H32Cl2N2O. The van der Waals surface area contributed by atoms with Crippen molar-refractivity contribution in [1.29, 1.82) is 0 Å². The number of hydrogen-bond acceptors (Lipinski definition) is 3. The Bertz CT molecular complexity index is 1250. The van der Waals surface area contributed by atoms with Gasteiger partial charge in [0.25, 0.3) is 0 Å². The summed E-state index contributed by atoms with van der Waals surface area (Å²) >= 11 is 12.8. The summed E-state index contributed by atoms with van der Waals surface area (Å²) in [6, 6.07) is 22.3. The Morgan fingerprint density at radius 1 is 0.882 bits per heavy atom. The zero-order valence-electron chi connectivity index (χ0n) is 20.7. The van der Waals surface area contributed by atoms with Gasteiger partial charge in [-0.05, 0) is 79.3 Å². The summed E-state index contributed by atoms with van der Waals surface area (Å²) in [5, 5.41) is 5.13. The van der Waals surface area contributed by atoms with E-state index in [1.54, 1.807) is 0 Å². The number of aliphatic imine (C=N–C) groups is 1. The van der Waals surface area contributed by atoms with Crippen molar-refractivity contribution in [2.75, 3.05) is 6.61 Å². The van der Waals surface area contributed by atoms with Gasteiger partial charge >= 0.3 is 0 Å². The van der Waals surface area contributed by atoms with Crippen LogP contribution in [0.4, 0.5) is 0 Å². The van der Waals surface area contributed by atoms with E-state index in [4.69, 9.17) is 32.9 Å². The second-order valence-corrected chi connectivity index (χ2v) is 11.1. The lowest BCUT2D eigenvalue weighted by molar-refractivity contribution is 0.268. The standard InChI is InChI=1S/C29H32Cl2N2O/c1-7-34-25-18-19(27(2,3)4)14-15-24(25)26-32-28(5,20-10-8-12-22(30)16-20)29(6,33-26)21-11-9-13-23(31)17-21/h8-18H,7H2,1-6H3,(H,32,33)/t28-,29-/m0/s1. The average molecular weight is 495 g/mol. The molecule has 178 valence electrons. The second kappa shape index (κ2) is 8.94. The molecule has 34 heavy (non-hydrogen) atoms. The van der Waals surface area contributed by atoms with Crippen molar-refractivity contribution < 1.29 is 4.74 Å². The molecule has 1 N–H and O–H groups in total. The van der Waals surface area contributed by atoms with Gasteiger partial charge in [0.2, 0.25) is 0 Å². The average Bonchev–Trinajstić information content (AvgIpc) is 3.06. The molecule has 0 aliphatic carbocycles. The highest BCUT2D eigenvalue weighted by molar-refractivity contribution is 6.31. The van der Waals surface area contributed by atoms with Crippen LogP contribution in [-0.2, 0) is 16.5 Å². The van der Waals surface area contributed by atoms with Crippen molar-refractivity contribution in [3.63, 3.8) is 0 Å². The van der Waals surface area contributed by atoms with Crippen molar-refractivity contribution in [3.05, 3.63) is 99.0 Å². The van der Waals surface area contributed by atoms with Crippen molar-refractivity contribution in [2.24, 2.45) is 4.99 Å². The van der Waals surface area contributed by atoms with Gasteiger partial charge in [0.15, 0.2) is 0 Å². The molecule has 3 nitrogen and oxygen atoms in total. The van der Waals surface area contributed by atoms with Crippen LogP contribution in [0.25, 0.3) is 0 Å². The molecule has 3 aromatic carbocycles. The van der Waals surface area contributed by atoms with Crippen LogP contribution in [0.1, 0.15) is 63.8 Å². The summed E-state index contributed by atoms with van der Waals surface area (Å²) < 4.78 is 6.11. The molecule has 0 aromatic heterocycles. The lowest BCUT2D eigenvalue weighted by Crippen LogP contribution is -2.50. The van der Waals surface area contributed by atoms with Crippen LogP contribution in [0.2, 0.25) is 10.0 Å². The maximum atomic E-state index is 6.42. The van der Waals surface area contributed by atoms with Gasteiger partial charge in [0.05, 0.1) is 17.7 Å². The highest BCUT2D eigenvalue weighted by atomic mass is 35.5. The number of nitrogens with one attached hydrogen (secondary N) is 1. The molecular weight excluding hydrogens is 463 g/mol. The van der Waals surface area contributed by atoms with Crippen LogP contribution in [0.5, 0.6) is 5.75 Å². The Morgan fingerprint density at radius 2 is 1.50 bits per heavy atom. The first-order valence-corrected chi connectivity index (χ1v) is 12.4. The van der Waals surface area contributed by atoms with Gasteiger partial charge < -0.3 is 10.1 Å². The van der Waals surface area contributed by atoms with Gasteiger partial charge in [-0.25, -0.2) is 0 Å². The van der Waals surface area contributed by atoms with Crippen molar-refractivity contribution >= 4 is 29.0 Å². The predicted molar refractivity (Wildman–Crippen MR) is 144 cm³/mol. The van der Waals surface area contributed by atoms with Crippen molar-refractivity contribution in [2.45, 2.75) is 58.0 Å². The van der Waals surface area contributed by atoms with Crippen molar-refractivity contribution in [1.82, 2.24) is 5.32 Å². The zero-order valence-corrected chi connectivity index (χ0v) is 22.2. The van der Waals surface area contributed by atoms with Crippen molar-refractivity contribution in [3.8, 4) is 5.75 Å². The summed E-state index contributed by atoms with van der Waals surface area (Å²) in [6.45, 7) is 13.5. The molecule has 1 aliphatic heterocycles. The number of rotatable bonds is 5. The minimum Gasteiger partial charge on any atom is -0.493 e. The number of amidine groups is 1. The van der Waals surface area contributed by atoms with E-state index in [9.17, 15) is 0 Å². The van der Waals surface area contributed by atoms with Gasteiger partial charge in [-0.15, -0.1) is 0 Å². The van der Waals surface area contributed by atoms with E-state index in [0.717, 1.165) is 28.3 Å². The Hall–Kier alpha value is -2.49. The minimum absolute atomic E-state index is 0.0138. The molecule has 0 saturated heterocycles. The van der Waals surface area contributed by atoms with Crippen LogP contribution in [0.15, 0.2) is 71.7 Å². The molecule has 0 saturated carbocycles. The summed E-state index contributed by atoms with van der Waals surface area (Å²) in [5.74, 6) is 1.61. The molecule has 0 spiro atoms. The van der Waals surface area contributed by atoms with Crippen LogP contribution in [0.3, 0.4) is 0 Å². The molecule has 0 radical (unpaired) electrons. The van der Waals surface area contributed by atoms with Crippen LogP contribution >= 0.6 is 23.2 Å². The second-order valence-electron chi connectivity index (χ2n) is 10.2. The monoisotopic (exact) mass is 494 g/mol. The SMILES string of the molecule is CCOc1cc(C(C)(C)C)ccc1C1=N[C@@](C)(c2cccc(Cl)c2)[C@](C)(c2cccc(Cl)c2)N1. The Balaban J connectivity index is 1.92. The smallest absolute Gasteiger partial charge is 0.133 e. The van der Waals surface area contributed by atoms with E-state index >= 15 is 0 Å². The normalized spacial score (nSPS) is 22.3. The first-order chi connectivity index (χ1) is 16.0. The number of halogens is 2. The molecule has 4 rings (SSSR count). The quantitative estimate of drug-likeness (QED) is 0.391. The minimum atomic E-state index is -0.649. The highest BCUT2D eigenvalue weighted by Crippen LogP contribution is 2.48. The zero-order chi connectivity index (χ0) is 24.7. The molecule has 3 aromatic rings. The molecule has 5 heteroatoms. The summed E-state index contributed by atoms with van der Waals surface area (Å²) in [5.41, 5.74) is 3.01. The van der Waals surface area contributed by atoms with E-state index in [1.165, 1.54) is 5.56 Å². The van der Waals surface area contributed by atoms with Gasteiger partial charge in [0, 0.05) is 10.0 Å². The van der Waals surface area contributed by atoms with E-state index in [0.29, 0.717) is 16.7 Å². The molecule has 1 heterocycles. The van der Waals surface area contributed by atoms with Gasteiger partial charge in [0.1, 0.15) is 17.1 Å². The fourth-order valence-corrected chi connectivity index (χ4v) is 4.99. The maximum absolute atomic E-state index is 6.42. The highest BCUT2D eigenvalue weighted by Gasteiger charge is 2.52. The molecule has 0 amide bonds. The lowest BCUT2D eigenvalue weighted by Gasteiger charge is -2.40. The maximum Gasteiger partial charge on any atom is 0.133 e. The predicted octanol–water partition coefficient (Wildman–Crippen LogP) is 7.87. The molecule has 0 unspecified atom stereocenters. The number of benzene rings is 3. The first-order valence-electron chi connectivity index (χ1n) is 11.7. The largest absolute Gasteiger partial charge is 0.493 e. The van der Waals surface area contributed by atoms with E-state index in [-0.39, 0.29) is 5.41 Å². The van der Waals surface area contributed by atoms with Crippen LogP contribution < -0.4 is 10.1 Å². The molecule has 2 atom stereocenters. The lowest BCUT2D eigenvalue weighted by atomic mass is 9.72. The molecule has 1 aliphatic rings. The fraction of sp³-hybridized carbons (Fsp3) is 0.345. The third-order valence-corrected chi connectivity index (χ3v) is 7.34. The summed E-state index contributed by atoms with van der Waals surface area (Å²) in [4.78, 5) is 5.32. The molecule has 0 bridgehead atoms. The number of ether oxygens (including phenoxy) is 1. The van der Waals surface area contributed by atoms with Crippen LogP contribution in [0, 0.1) is 0 Å². The van der Waals surface area contributed by atoms with E-state index in [2.05, 4.69) is 70.3 Å². The summed E-state index contributed by atoms with van der Waals surface area (Å²) in [6.07, 6.45) is 0. The third kappa shape index (κ3) is 4.32. The topological polar surface area (TPSA) is 33.6 Å². The summed E-state index contributed by atoms with van der Waals surface area (Å²) in [7, 11) is 0. The van der Waals surface area contributed by atoms with Crippen LogP contribution in [-0.4, -0.2) is 12.4 Å². The Labute approximate surface area is 213 Å². The number of nitrogens with zero attached hydrogens (tertiary/aromatic N) is 1. The first kappa shape index (κ1) is 24.6. The Kier molecular flexibility index (Phi) is 6.48. The van der Waals surface area contributed by atoms with E-state index in [1.807, 2.05) is 43.3 Å². The third-order valence-electron chi connectivity index (χ3n) is 6.87. The Morgan fingerprint density at radius 3 is 2.09 bits per heavy atom. The van der Waals surface area contributed by atoms with Gasteiger partial charge in [-0.1, -0.05) is 74.3 Å². The van der Waals surface area contributed by atoms with Gasteiger partial charge in [-0.2, -0.15) is 0 Å². The number of hydrogen-bond donors (Lipinski definition) is 1.